The predicted molar refractivity (Wildman–Crippen MR) is 91.2 cm³/mol. The molecule has 1 unspecified atom stereocenters. The van der Waals surface area contributed by atoms with E-state index in [2.05, 4.69) is 0 Å². The molecule has 1 amide bonds. The number of ether oxygens (including phenoxy) is 1. The fourth-order valence-corrected chi connectivity index (χ4v) is 2.61. The van der Waals surface area contributed by atoms with E-state index < -0.39 is 5.97 Å². The molecule has 0 spiro atoms. The van der Waals surface area contributed by atoms with E-state index in [1.54, 1.807) is 12.1 Å². The minimum absolute atomic E-state index is 0.0273. The maximum absolute atomic E-state index is 12.1. The van der Waals surface area contributed by atoms with Gasteiger partial charge in [0, 0.05) is 20.1 Å². The second kappa shape index (κ2) is 9.93. The number of nitrogens with zero attached hydrogens (tertiary/aromatic N) is 1. The molecule has 0 aromatic heterocycles. The van der Waals surface area contributed by atoms with Gasteiger partial charge in [0.05, 0.1) is 12.1 Å². The third kappa shape index (κ3) is 6.20. The van der Waals surface area contributed by atoms with Gasteiger partial charge in [-0.05, 0) is 43.0 Å². The number of rotatable bonds is 5. The number of piperidine rings is 1. The van der Waals surface area contributed by atoms with Crippen molar-refractivity contribution in [1.29, 1.82) is 0 Å². The summed E-state index contributed by atoms with van der Waals surface area (Å²) in [6, 6.07) is 6.39. The number of likely N-dealkylation sites (tertiary alicyclic amines) is 1. The van der Waals surface area contributed by atoms with Crippen molar-refractivity contribution in [2.45, 2.75) is 39.2 Å². The molecule has 0 aliphatic carbocycles. The van der Waals surface area contributed by atoms with Crippen LogP contribution in [-0.2, 0) is 4.79 Å². The molecule has 134 valence electrons. The van der Waals surface area contributed by atoms with E-state index in [4.69, 9.17) is 14.9 Å². The average Bonchev–Trinajstić information content (AvgIpc) is 2.57. The molecule has 6 nitrogen and oxygen atoms in total. The largest absolute Gasteiger partial charge is 0.489 e. The summed E-state index contributed by atoms with van der Waals surface area (Å²) in [5.74, 6) is 0.240. The van der Waals surface area contributed by atoms with Gasteiger partial charge in [0.2, 0.25) is 5.91 Å². The standard InChI is InChI=1S/C17H23NO4.CH4O/c1-12(2)10-16(19)18-9-3-4-15(11-18)22-14-7-5-13(6-8-14)17(20)21;1-2/h5-8,12,15H,3-4,9-11H2,1-2H3,(H,20,21);2H,1H3. The Balaban J connectivity index is 0.00000139. The average molecular weight is 337 g/mol. The molecule has 1 heterocycles. The van der Waals surface area contributed by atoms with Crippen LogP contribution in [0, 0.1) is 5.92 Å². The highest BCUT2D eigenvalue weighted by atomic mass is 16.5. The summed E-state index contributed by atoms with van der Waals surface area (Å²) < 4.78 is 5.89. The first-order chi connectivity index (χ1) is 11.5. The minimum atomic E-state index is -0.949. The van der Waals surface area contributed by atoms with Crippen molar-refractivity contribution in [2.24, 2.45) is 5.92 Å². The van der Waals surface area contributed by atoms with Gasteiger partial charge < -0.3 is 19.8 Å². The Hall–Kier alpha value is -2.08. The summed E-state index contributed by atoms with van der Waals surface area (Å²) in [5.41, 5.74) is 0.240. The van der Waals surface area contributed by atoms with Crippen LogP contribution in [0.4, 0.5) is 0 Å². The third-order valence-corrected chi connectivity index (χ3v) is 3.72. The zero-order valence-corrected chi connectivity index (χ0v) is 14.6. The van der Waals surface area contributed by atoms with Crippen molar-refractivity contribution in [3.05, 3.63) is 29.8 Å². The Kier molecular flexibility index (Phi) is 8.26. The van der Waals surface area contributed by atoms with Crippen LogP contribution in [-0.4, -0.2) is 53.3 Å². The van der Waals surface area contributed by atoms with Gasteiger partial charge in [-0.15, -0.1) is 0 Å². The van der Waals surface area contributed by atoms with Gasteiger partial charge in [-0.25, -0.2) is 4.79 Å². The Morgan fingerprint density at radius 2 is 1.88 bits per heavy atom. The summed E-state index contributed by atoms with van der Waals surface area (Å²) in [6.45, 7) is 5.48. The molecule has 24 heavy (non-hydrogen) atoms. The van der Waals surface area contributed by atoms with Gasteiger partial charge in [0.1, 0.15) is 11.9 Å². The number of carboxylic acid groups (broad SMARTS) is 1. The number of benzene rings is 1. The van der Waals surface area contributed by atoms with Crippen LogP contribution in [0.3, 0.4) is 0 Å². The second-order valence-electron chi connectivity index (χ2n) is 6.15. The molecule has 2 N–H and O–H groups in total. The van der Waals surface area contributed by atoms with E-state index in [1.165, 1.54) is 12.1 Å². The first-order valence-corrected chi connectivity index (χ1v) is 8.18. The molecular formula is C18H27NO5. The van der Waals surface area contributed by atoms with Gasteiger partial charge in [-0.1, -0.05) is 13.8 Å². The van der Waals surface area contributed by atoms with Crippen LogP contribution in [0.1, 0.15) is 43.5 Å². The van der Waals surface area contributed by atoms with E-state index in [0.717, 1.165) is 26.5 Å². The highest BCUT2D eigenvalue weighted by molar-refractivity contribution is 5.87. The maximum atomic E-state index is 12.1. The lowest BCUT2D eigenvalue weighted by Crippen LogP contribution is -2.44. The summed E-state index contributed by atoms with van der Waals surface area (Å²) in [6.07, 6.45) is 2.38. The van der Waals surface area contributed by atoms with Crippen molar-refractivity contribution in [2.75, 3.05) is 20.2 Å². The summed E-state index contributed by atoms with van der Waals surface area (Å²) >= 11 is 0. The van der Waals surface area contributed by atoms with Crippen molar-refractivity contribution < 1.29 is 24.5 Å². The number of hydrogen-bond donors (Lipinski definition) is 2. The highest BCUT2D eigenvalue weighted by Gasteiger charge is 2.25. The Morgan fingerprint density at radius 3 is 2.42 bits per heavy atom. The van der Waals surface area contributed by atoms with Gasteiger partial charge in [-0.2, -0.15) is 0 Å². The number of carbonyl (C=O) groups excluding carboxylic acids is 1. The Bertz CT molecular complexity index is 527. The molecule has 0 bridgehead atoms. The molecule has 0 radical (unpaired) electrons. The maximum Gasteiger partial charge on any atom is 0.335 e. The summed E-state index contributed by atoms with van der Waals surface area (Å²) in [7, 11) is 1.00. The molecule has 1 atom stereocenters. The van der Waals surface area contributed by atoms with Gasteiger partial charge >= 0.3 is 5.97 Å². The Morgan fingerprint density at radius 1 is 1.25 bits per heavy atom. The molecule has 6 heteroatoms. The number of aromatic carboxylic acids is 1. The third-order valence-electron chi connectivity index (χ3n) is 3.72. The topological polar surface area (TPSA) is 87.1 Å². The zero-order chi connectivity index (χ0) is 18.1. The minimum Gasteiger partial charge on any atom is -0.489 e. The van der Waals surface area contributed by atoms with Crippen LogP contribution in [0.25, 0.3) is 0 Å². The molecule has 1 aromatic rings. The van der Waals surface area contributed by atoms with Crippen molar-refractivity contribution in [3.63, 3.8) is 0 Å². The number of carboxylic acids is 1. The molecule has 1 saturated heterocycles. The molecular weight excluding hydrogens is 310 g/mol. The quantitative estimate of drug-likeness (QED) is 0.861. The van der Waals surface area contributed by atoms with Crippen LogP contribution in [0.2, 0.25) is 0 Å². The molecule has 0 saturated carbocycles. The SMILES string of the molecule is CC(C)CC(=O)N1CCCC(Oc2ccc(C(=O)O)cc2)C1.CO. The van der Waals surface area contributed by atoms with Crippen LogP contribution in [0.15, 0.2) is 24.3 Å². The highest BCUT2D eigenvalue weighted by Crippen LogP contribution is 2.20. The fraction of sp³-hybridized carbons (Fsp3) is 0.556. The molecule has 1 aliphatic rings. The lowest BCUT2D eigenvalue weighted by molar-refractivity contribution is -0.134. The normalized spacial score (nSPS) is 17.0. The van der Waals surface area contributed by atoms with Crippen LogP contribution in [0.5, 0.6) is 5.75 Å². The van der Waals surface area contributed by atoms with E-state index in [0.29, 0.717) is 24.6 Å². The van der Waals surface area contributed by atoms with E-state index in [9.17, 15) is 9.59 Å². The molecule has 1 aromatic carbocycles. The number of hydrogen-bond acceptors (Lipinski definition) is 4. The van der Waals surface area contributed by atoms with Crippen LogP contribution >= 0.6 is 0 Å². The van der Waals surface area contributed by atoms with E-state index in [1.807, 2.05) is 18.7 Å². The monoisotopic (exact) mass is 337 g/mol. The molecule has 2 rings (SSSR count). The predicted octanol–water partition coefficient (Wildman–Crippen LogP) is 2.41. The smallest absolute Gasteiger partial charge is 0.335 e. The summed E-state index contributed by atoms with van der Waals surface area (Å²) in [4.78, 5) is 24.8. The number of carbonyl (C=O) groups is 2. The lowest BCUT2D eigenvalue weighted by Gasteiger charge is -2.33. The second-order valence-corrected chi connectivity index (χ2v) is 6.15. The van der Waals surface area contributed by atoms with Crippen molar-refractivity contribution in [1.82, 2.24) is 4.90 Å². The number of amides is 1. The first-order valence-electron chi connectivity index (χ1n) is 8.18. The van der Waals surface area contributed by atoms with Gasteiger partial charge in [-0.3, -0.25) is 4.79 Å². The first kappa shape index (κ1) is 20.0. The van der Waals surface area contributed by atoms with Gasteiger partial charge in [0.15, 0.2) is 0 Å². The van der Waals surface area contributed by atoms with Crippen molar-refractivity contribution in [3.8, 4) is 5.75 Å². The molecule has 1 aliphatic heterocycles. The fourth-order valence-electron chi connectivity index (χ4n) is 2.61. The van der Waals surface area contributed by atoms with Crippen LogP contribution < -0.4 is 4.74 Å². The van der Waals surface area contributed by atoms with Gasteiger partial charge in [0.25, 0.3) is 0 Å². The lowest BCUT2D eigenvalue weighted by atomic mass is 10.1. The van der Waals surface area contributed by atoms with E-state index in [-0.39, 0.29) is 17.6 Å². The van der Waals surface area contributed by atoms with E-state index >= 15 is 0 Å². The number of aliphatic hydroxyl groups is 1. The number of aliphatic hydroxyl groups excluding tert-OH is 1. The Labute approximate surface area is 143 Å². The molecule has 1 fully saturated rings. The van der Waals surface area contributed by atoms with Crippen molar-refractivity contribution >= 4 is 11.9 Å². The summed E-state index contributed by atoms with van der Waals surface area (Å²) in [5, 5.41) is 15.9. The zero-order valence-electron chi connectivity index (χ0n) is 14.6.